The van der Waals surface area contributed by atoms with Crippen LogP contribution >= 0.6 is 15.2 Å². The molecule has 0 radical (unpaired) electrons. The van der Waals surface area contributed by atoms with Crippen molar-refractivity contribution in [3.05, 3.63) is 71.8 Å². The fraction of sp³-hybridized carbons (Fsp3) is 0.143. The zero-order valence-corrected chi connectivity index (χ0v) is 13.0. The lowest BCUT2D eigenvalue weighted by molar-refractivity contribution is 0.330. The third kappa shape index (κ3) is 5.58. The van der Waals surface area contributed by atoms with E-state index >= 15 is 0 Å². The molecular formula is C14H16O5P2. The summed E-state index contributed by atoms with van der Waals surface area (Å²) in [6.45, 7) is 0. The highest BCUT2D eigenvalue weighted by Gasteiger charge is 2.32. The first-order chi connectivity index (χ1) is 9.86. The summed E-state index contributed by atoms with van der Waals surface area (Å²) in [7, 11) is -8.37. The summed E-state index contributed by atoms with van der Waals surface area (Å²) in [5.41, 5.74) is 1.14. The van der Waals surface area contributed by atoms with Crippen LogP contribution in [-0.2, 0) is 25.8 Å². The number of benzene rings is 2. The van der Waals surface area contributed by atoms with E-state index in [-0.39, 0.29) is 12.3 Å². The third-order valence-electron chi connectivity index (χ3n) is 2.71. The monoisotopic (exact) mass is 326 g/mol. The van der Waals surface area contributed by atoms with Crippen molar-refractivity contribution in [2.45, 2.75) is 12.3 Å². The van der Waals surface area contributed by atoms with E-state index < -0.39 is 15.2 Å². The Balaban J connectivity index is 2.04. The molecule has 0 heterocycles. The molecule has 2 aromatic carbocycles. The van der Waals surface area contributed by atoms with E-state index in [1.54, 1.807) is 60.7 Å². The molecule has 0 bridgehead atoms. The van der Waals surface area contributed by atoms with Crippen molar-refractivity contribution >= 4 is 15.2 Å². The second kappa shape index (κ2) is 6.69. The van der Waals surface area contributed by atoms with E-state index in [1.807, 2.05) is 0 Å². The molecule has 0 aliphatic rings. The Morgan fingerprint density at radius 3 is 1.38 bits per heavy atom. The van der Waals surface area contributed by atoms with Gasteiger partial charge in [-0.25, -0.2) is 4.31 Å². The second-order valence-electron chi connectivity index (χ2n) is 4.64. The van der Waals surface area contributed by atoms with Gasteiger partial charge in [-0.1, -0.05) is 60.7 Å². The average molecular weight is 326 g/mol. The molecule has 112 valence electrons. The topological polar surface area (TPSA) is 83.8 Å². The fourth-order valence-corrected chi connectivity index (χ4v) is 5.29. The van der Waals surface area contributed by atoms with Crippen LogP contribution in [0.4, 0.5) is 0 Å². The van der Waals surface area contributed by atoms with Gasteiger partial charge in [0.05, 0.1) is 12.3 Å². The molecule has 0 aromatic heterocycles. The summed E-state index contributed by atoms with van der Waals surface area (Å²) in [6, 6.07) is 17.1. The maximum Gasteiger partial charge on any atom is 0.339 e. The van der Waals surface area contributed by atoms with Gasteiger partial charge in [0, 0.05) is 0 Å². The van der Waals surface area contributed by atoms with Gasteiger partial charge in [-0.2, -0.15) is 0 Å². The van der Waals surface area contributed by atoms with E-state index in [9.17, 15) is 18.9 Å². The lowest BCUT2D eigenvalue weighted by Gasteiger charge is -2.17. The summed E-state index contributed by atoms with van der Waals surface area (Å²) >= 11 is 0. The third-order valence-corrected chi connectivity index (χ3v) is 6.28. The van der Waals surface area contributed by atoms with Gasteiger partial charge in [0.15, 0.2) is 0 Å². The van der Waals surface area contributed by atoms with Crippen molar-refractivity contribution in [3.63, 3.8) is 0 Å². The van der Waals surface area contributed by atoms with Crippen molar-refractivity contribution in [2.75, 3.05) is 0 Å². The van der Waals surface area contributed by atoms with Crippen LogP contribution in [-0.4, -0.2) is 9.79 Å². The Morgan fingerprint density at radius 2 is 1.05 bits per heavy atom. The van der Waals surface area contributed by atoms with Gasteiger partial charge < -0.3 is 9.79 Å². The molecule has 0 aliphatic carbocycles. The van der Waals surface area contributed by atoms with Gasteiger partial charge in [-0.05, 0) is 11.1 Å². The molecule has 2 rings (SSSR count). The maximum atomic E-state index is 12.0. The van der Waals surface area contributed by atoms with Gasteiger partial charge >= 0.3 is 15.2 Å². The van der Waals surface area contributed by atoms with Crippen LogP contribution < -0.4 is 0 Å². The van der Waals surface area contributed by atoms with Crippen LogP contribution in [0, 0.1) is 0 Å². The minimum Gasteiger partial charge on any atom is -0.324 e. The number of hydrogen-bond acceptors (Lipinski definition) is 3. The highest BCUT2D eigenvalue weighted by atomic mass is 31.3. The Morgan fingerprint density at radius 1 is 0.714 bits per heavy atom. The highest BCUT2D eigenvalue weighted by Crippen LogP contribution is 2.62. The molecule has 0 amide bonds. The highest BCUT2D eigenvalue weighted by molar-refractivity contribution is 7.65. The first-order valence-corrected chi connectivity index (χ1v) is 9.82. The van der Waals surface area contributed by atoms with E-state index in [1.165, 1.54) is 0 Å². The van der Waals surface area contributed by atoms with Gasteiger partial charge in [0.2, 0.25) is 0 Å². The summed E-state index contributed by atoms with van der Waals surface area (Å²) in [5.74, 6) is 0. The van der Waals surface area contributed by atoms with Gasteiger partial charge in [0.1, 0.15) is 0 Å². The van der Waals surface area contributed by atoms with Crippen molar-refractivity contribution in [1.29, 1.82) is 0 Å². The van der Waals surface area contributed by atoms with Crippen molar-refractivity contribution in [2.24, 2.45) is 0 Å². The second-order valence-corrected chi connectivity index (χ2v) is 8.48. The van der Waals surface area contributed by atoms with Crippen molar-refractivity contribution < 1.29 is 23.2 Å². The van der Waals surface area contributed by atoms with Gasteiger partial charge in [-0.3, -0.25) is 9.13 Å². The van der Waals surface area contributed by atoms with Gasteiger partial charge in [0.25, 0.3) is 0 Å². The Labute approximate surface area is 123 Å². The molecule has 7 heteroatoms. The molecule has 0 saturated carbocycles. The van der Waals surface area contributed by atoms with E-state index in [0.717, 1.165) is 0 Å². The number of hydrogen-bond donors (Lipinski definition) is 2. The minimum atomic E-state index is -4.19. The lowest BCUT2D eigenvalue weighted by atomic mass is 10.2. The van der Waals surface area contributed by atoms with Crippen LogP contribution in [0.1, 0.15) is 11.1 Å². The first-order valence-electron chi connectivity index (χ1n) is 6.29. The smallest absolute Gasteiger partial charge is 0.324 e. The summed E-state index contributed by atoms with van der Waals surface area (Å²) in [5, 5.41) is 0. The minimum absolute atomic E-state index is 0.298. The average Bonchev–Trinajstić information content (AvgIpc) is 2.38. The van der Waals surface area contributed by atoms with Crippen LogP contribution in [0.3, 0.4) is 0 Å². The Kier molecular flexibility index (Phi) is 5.15. The van der Waals surface area contributed by atoms with Crippen LogP contribution in [0.25, 0.3) is 0 Å². The quantitative estimate of drug-likeness (QED) is 0.789. The maximum absolute atomic E-state index is 12.0. The molecular weight excluding hydrogens is 310 g/mol. The standard InChI is InChI=1S/C14H16O5P2/c15-20(16,11-13-7-3-1-4-8-13)19-21(17,18)12-14-9-5-2-6-10-14/h1-10H,11-12H2,(H,15,16)(H,17,18). The molecule has 2 N–H and O–H groups in total. The molecule has 2 unspecified atom stereocenters. The van der Waals surface area contributed by atoms with E-state index in [2.05, 4.69) is 4.31 Å². The lowest BCUT2D eigenvalue weighted by Crippen LogP contribution is -1.95. The summed E-state index contributed by atoms with van der Waals surface area (Å²) < 4.78 is 28.6. The predicted molar refractivity (Wildman–Crippen MR) is 81.0 cm³/mol. The molecule has 0 saturated heterocycles. The molecule has 0 aliphatic heterocycles. The first kappa shape index (κ1) is 16.2. The van der Waals surface area contributed by atoms with Crippen LogP contribution in [0.15, 0.2) is 60.7 Å². The van der Waals surface area contributed by atoms with E-state index in [4.69, 9.17) is 0 Å². The zero-order chi connectivity index (χ0) is 15.3. The van der Waals surface area contributed by atoms with Crippen molar-refractivity contribution in [1.82, 2.24) is 0 Å². The van der Waals surface area contributed by atoms with Crippen LogP contribution in [0.2, 0.25) is 0 Å². The summed E-state index contributed by atoms with van der Waals surface area (Å²) in [6.07, 6.45) is -0.597. The molecule has 2 aromatic rings. The SMILES string of the molecule is O=P(O)(Cc1ccccc1)OP(=O)(O)Cc1ccccc1. The number of rotatable bonds is 6. The largest absolute Gasteiger partial charge is 0.339 e. The molecule has 2 atom stereocenters. The van der Waals surface area contributed by atoms with Crippen molar-refractivity contribution in [3.8, 4) is 0 Å². The predicted octanol–water partition coefficient (Wildman–Crippen LogP) is 3.77. The fourth-order valence-electron chi connectivity index (χ4n) is 1.89. The molecule has 21 heavy (non-hydrogen) atoms. The van der Waals surface area contributed by atoms with Gasteiger partial charge in [-0.15, -0.1) is 0 Å². The molecule has 0 spiro atoms. The molecule has 0 fully saturated rings. The van der Waals surface area contributed by atoms with E-state index in [0.29, 0.717) is 11.1 Å². The summed E-state index contributed by atoms with van der Waals surface area (Å²) in [4.78, 5) is 19.6. The Bertz CT molecular complexity index is 613. The Hall–Kier alpha value is -1.22. The molecule has 5 nitrogen and oxygen atoms in total. The van der Waals surface area contributed by atoms with Crippen LogP contribution in [0.5, 0.6) is 0 Å². The normalized spacial score (nSPS) is 16.9. The zero-order valence-electron chi connectivity index (χ0n) is 11.2.